The van der Waals surface area contributed by atoms with E-state index in [-0.39, 0.29) is 0 Å². The predicted octanol–water partition coefficient (Wildman–Crippen LogP) is -0.816. The van der Waals surface area contributed by atoms with Gasteiger partial charge in [0, 0.05) is 0 Å². The van der Waals surface area contributed by atoms with Crippen LogP contribution in [0, 0.1) is 0 Å². The van der Waals surface area contributed by atoms with Crippen molar-refractivity contribution >= 4 is 5.97 Å². The minimum Gasteiger partial charge on any atom is -0.480 e. The van der Waals surface area contributed by atoms with E-state index < -0.39 is 18.1 Å². The van der Waals surface area contributed by atoms with Gasteiger partial charge in [-0.15, -0.1) is 0 Å². The lowest BCUT2D eigenvalue weighted by atomic mass is 10.0. The summed E-state index contributed by atoms with van der Waals surface area (Å²) in [6.45, 7) is 0.595. The van der Waals surface area contributed by atoms with E-state index in [4.69, 9.17) is 10.2 Å². The Morgan fingerprint density at radius 3 is 2.70 bits per heavy atom. The first-order valence-corrected chi connectivity index (χ1v) is 3.34. The van der Waals surface area contributed by atoms with Gasteiger partial charge in [-0.25, -0.2) is 0 Å². The van der Waals surface area contributed by atoms with Crippen LogP contribution in [0.5, 0.6) is 0 Å². The van der Waals surface area contributed by atoms with Crippen molar-refractivity contribution in [2.24, 2.45) is 0 Å². The third-order valence-corrected chi connectivity index (χ3v) is 1.67. The van der Waals surface area contributed by atoms with Crippen LogP contribution >= 0.6 is 0 Å². The van der Waals surface area contributed by atoms with Crippen molar-refractivity contribution < 1.29 is 15.0 Å². The molecule has 58 valence electrons. The maximum atomic E-state index is 10.3. The summed E-state index contributed by atoms with van der Waals surface area (Å²) < 4.78 is 0. The Morgan fingerprint density at radius 1 is 1.60 bits per heavy atom. The maximum Gasteiger partial charge on any atom is 0.320 e. The van der Waals surface area contributed by atoms with Crippen LogP contribution in [0.15, 0.2) is 0 Å². The number of hydrogen-bond acceptors (Lipinski definition) is 3. The van der Waals surface area contributed by atoms with Crippen LogP contribution in [0.25, 0.3) is 0 Å². The topological polar surface area (TPSA) is 69.6 Å². The number of aliphatic carboxylic acids is 1. The number of hydrogen-bond donors (Lipinski definition) is 3. The quantitative estimate of drug-likeness (QED) is 0.451. The van der Waals surface area contributed by atoms with Gasteiger partial charge >= 0.3 is 5.97 Å². The van der Waals surface area contributed by atoms with Gasteiger partial charge in [0.05, 0.1) is 6.10 Å². The van der Waals surface area contributed by atoms with Crippen molar-refractivity contribution in [3.05, 3.63) is 0 Å². The summed E-state index contributed by atoms with van der Waals surface area (Å²) in [6.07, 6.45) is 0.543. The van der Waals surface area contributed by atoms with E-state index in [9.17, 15) is 4.79 Å². The molecule has 4 nitrogen and oxygen atoms in total. The van der Waals surface area contributed by atoms with Crippen LogP contribution in [0.2, 0.25) is 0 Å². The van der Waals surface area contributed by atoms with Crippen LogP contribution in [-0.2, 0) is 4.79 Å². The third-order valence-electron chi connectivity index (χ3n) is 1.67. The molecule has 1 heterocycles. The number of carboxylic acids is 1. The first-order chi connectivity index (χ1) is 4.70. The molecule has 1 rings (SSSR count). The molecule has 0 aromatic heterocycles. The zero-order valence-corrected chi connectivity index (χ0v) is 5.58. The van der Waals surface area contributed by atoms with Gasteiger partial charge in [0.15, 0.2) is 0 Å². The zero-order valence-electron chi connectivity index (χ0n) is 5.58. The van der Waals surface area contributed by atoms with E-state index in [2.05, 4.69) is 5.32 Å². The lowest BCUT2D eigenvalue weighted by molar-refractivity contribution is -0.141. The third kappa shape index (κ3) is 1.68. The van der Waals surface area contributed by atoms with Crippen LogP contribution in [0.3, 0.4) is 0 Å². The minimum absolute atomic E-state index is 0.329. The fraction of sp³-hybridized carbons (Fsp3) is 0.833. The van der Waals surface area contributed by atoms with E-state index in [1.165, 1.54) is 0 Å². The molecular weight excluding hydrogens is 134 g/mol. The molecule has 0 aromatic rings. The van der Waals surface area contributed by atoms with Crippen LogP contribution < -0.4 is 5.32 Å². The second-order valence-corrected chi connectivity index (χ2v) is 2.52. The van der Waals surface area contributed by atoms with E-state index in [0.717, 1.165) is 0 Å². The molecule has 0 bridgehead atoms. The molecule has 0 spiro atoms. The van der Waals surface area contributed by atoms with Crippen LogP contribution in [0.1, 0.15) is 12.8 Å². The first kappa shape index (κ1) is 7.50. The molecule has 2 atom stereocenters. The smallest absolute Gasteiger partial charge is 0.320 e. The highest BCUT2D eigenvalue weighted by atomic mass is 16.4. The molecule has 4 heteroatoms. The second-order valence-electron chi connectivity index (χ2n) is 2.52. The molecule has 10 heavy (non-hydrogen) atoms. The van der Waals surface area contributed by atoms with E-state index in [1.807, 2.05) is 0 Å². The summed E-state index contributed by atoms with van der Waals surface area (Å²) in [6, 6.07) is -0.552. The Bertz CT molecular complexity index is 137. The van der Waals surface area contributed by atoms with Gasteiger partial charge in [-0.3, -0.25) is 4.79 Å². The normalized spacial score (nSPS) is 33.7. The van der Waals surface area contributed by atoms with Gasteiger partial charge in [-0.2, -0.15) is 0 Å². The lowest BCUT2D eigenvalue weighted by Gasteiger charge is -2.23. The molecule has 1 aliphatic heterocycles. The highest BCUT2D eigenvalue weighted by Crippen LogP contribution is 2.07. The van der Waals surface area contributed by atoms with Crippen molar-refractivity contribution in [1.82, 2.24) is 5.32 Å². The summed E-state index contributed by atoms with van der Waals surface area (Å²) >= 11 is 0. The summed E-state index contributed by atoms with van der Waals surface area (Å²) in [4.78, 5) is 10.3. The summed E-state index contributed by atoms with van der Waals surface area (Å²) in [5.74, 6) is -0.876. The molecular formula is C6H11NO3. The van der Waals surface area contributed by atoms with Crippen molar-refractivity contribution in [2.45, 2.75) is 25.0 Å². The van der Waals surface area contributed by atoms with Crippen molar-refractivity contribution in [1.29, 1.82) is 0 Å². The number of rotatable bonds is 1. The molecule has 1 fully saturated rings. The summed E-state index contributed by atoms with van der Waals surface area (Å²) in [5.41, 5.74) is 0. The fourth-order valence-electron chi connectivity index (χ4n) is 1.09. The Hall–Kier alpha value is -0.610. The number of carbonyl (C=O) groups is 1. The van der Waals surface area contributed by atoms with Gasteiger partial charge in [0.1, 0.15) is 6.04 Å². The van der Waals surface area contributed by atoms with Gasteiger partial charge in [-0.05, 0) is 19.4 Å². The van der Waals surface area contributed by atoms with Gasteiger partial charge in [-0.1, -0.05) is 0 Å². The number of piperidine rings is 1. The molecule has 0 unspecified atom stereocenters. The largest absolute Gasteiger partial charge is 0.480 e. The monoisotopic (exact) mass is 145 g/mol. The van der Waals surface area contributed by atoms with Crippen LogP contribution in [0.4, 0.5) is 0 Å². The number of nitrogens with one attached hydrogen (secondary N) is 1. The minimum atomic E-state index is -0.876. The lowest BCUT2D eigenvalue weighted by Crippen LogP contribution is -2.45. The van der Waals surface area contributed by atoms with Crippen molar-refractivity contribution in [3.63, 3.8) is 0 Å². The van der Waals surface area contributed by atoms with E-state index in [1.54, 1.807) is 0 Å². The van der Waals surface area contributed by atoms with E-state index in [0.29, 0.717) is 19.4 Å². The zero-order chi connectivity index (χ0) is 7.56. The maximum absolute atomic E-state index is 10.3. The average molecular weight is 145 g/mol. The first-order valence-electron chi connectivity index (χ1n) is 3.34. The number of aliphatic hydroxyl groups excluding tert-OH is 1. The molecule has 0 amide bonds. The van der Waals surface area contributed by atoms with Crippen molar-refractivity contribution in [2.75, 3.05) is 6.54 Å². The molecule has 1 saturated heterocycles. The average Bonchev–Trinajstić information content (AvgIpc) is 1.88. The molecule has 0 aromatic carbocycles. The van der Waals surface area contributed by atoms with Crippen LogP contribution in [-0.4, -0.2) is 34.9 Å². The van der Waals surface area contributed by atoms with Crippen molar-refractivity contribution in [3.8, 4) is 0 Å². The summed E-state index contributed by atoms with van der Waals surface area (Å²) in [5, 5.41) is 20.3. The number of carboxylic acid groups (broad SMARTS) is 1. The van der Waals surface area contributed by atoms with Gasteiger partial charge < -0.3 is 15.5 Å². The standard InChI is InChI=1S/C6H11NO3/c8-4-1-2-7-5(3-4)6(9)10/h4-5,7-8H,1-3H2,(H,9,10)/t4-,5+/m1/s1. The Morgan fingerprint density at radius 2 is 2.30 bits per heavy atom. The van der Waals surface area contributed by atoms with E-state index >= 15 is 0 Å². The summed E-state index contributed by atoms with van der Waals surface area (Å²) in [7, 11) is 0. The highest BCUT2D eigenvalue weighted by molar-refractivity contribution is 5.73. The fourth-order valence-corrected chi connectivity index (χ4v) is 1.09. The Balaban J connectivity index is 2.39. The highest BCUT2D eigenvalue weighted by Gasteiger charge is 2.24. The molecule has 1 aliphatic rings. The molecule has 0 radical (unpaired) electrons. The SMILES string of the molecule is O=C(O)[C@@H]1C[C@H](O)CCN1. The van der Waals surface area contributed by atoms with Gasteiger partial charge in [0.2, 0.25) is 0 Å². The Labute approximate surface area is 58.9 Å². The Kier molecular flexibility index (Phi) is 2.24. The second kappa shape index (κ2) is 2.98. The number of aliphatic hydroxyl groups is 1. The molecule has 0 saturated carbocycles. The molecule has 3 N–H and O–H groups in total. The predicted molar refractivity (Wildman–Crippen MR) is 34.7 cm³/mol. The molecule has 0 aliphatic carbocycles. The van der Waals surface area contributed by atoms with Gasteiger partial charge in [0.25, 0.3) is 0 Å².